The van der Waals surface area contributed by atoms with Gasteiger partial charge in [-0.05, 0) is 24.8 Å². The van der Waals surface area contributed by atoms with E-state index in [1.54, 1.807) is 5.57 Å². The van der Waals surface area contributed by atoms with Crippen LogP contribution in [-0.4, -0.2) is 13.1 Å². The summed E-state index contributed by atoms with van der Waals surface area (Å²) in [5.41, 5.74) is 1.92. The van der Waals surface area contributed by atoms with E-state index in [-0.39, 0.29) is 0 Å². The first kappa shape index (κ1) is 8.79. The average molecular weight is 153 g/mol. The Morgan fingerprint density at radius 2 is 2.09 bits per heavy atom. The summed E-state index contributed by atoms with van der Waals surface area (Å²) in [6, 6.07) is 0. The maximum absolute atomic E-state index is 3.44. The van der Waals surface area contributed by atoms with Crippen molar-refractivity contribution in [1.29, 1.82) is 0 Å². The Morgan fingerprint density at radius 3 is 2.73 bits per heavy atom. The highest BCUT2D eigenvalue weighted by atomic mass is 14.9. The van der Waals surface area contributed by atoms with Crippen LogP contribution < -0.4 is 5.32 Å². The van der Waals surface area contributed by atoms with Gasteiger partial charge in [0.1, 0.15) is 0 Å². The highest BCUT2D eigenvalue weighted by molar-refractivity contribution is 5.13. The molecule has 0 aromatic heterocycles. The first-order valence-corrected chi connectivity index (χ1v) is 4.51. The van der Waals surface area contributed by atoms with Gasteiger partial charge < -0.3 is 5.32 Å². The molecule has 64 valence electrons. The molecule has 0 saturated carbocycles. The molecule has 1 N–H and O–H groups in total. The normalized spacial score (nSPS) is 20.8. The van der Waals surface area contributed by atoms with E-state index in [9.17, 15) is 0 Å². The molecule has 0 atom stereocenters. The lowest BCUT2D eigenvalue weighted by Crippen LogP contribution is -2.22. The van der Waals surface area contributed by atoms with Crippen LogP contribution in [0.3, 0.4) is 0 Å². The third kappa shape index (κ3) is 2.66. The molecule has 0 spiro atoms. The van der Waals surface area contributed by atoms with Crippen LogP contribution >= 0.6 is 0 Å². The van der Waals surface area contributed by atoms with Crippen molar-refractivity contribution in [3.8, 4) is 0 Å². The lowest BCUT2D eigenvalue weighted by molar-refractivity contribution is 0.483. The van der Waals surface area contributed by atoms with Crippen molar-refractivity contribution in [3.05, 3.63) is 11.6 Å². The van der Waals surface area contributed by atoms with Crippen molar-refractivity contribution >= 4 is 0 Å². The Balaban J connectivity index is 2.61. The number of hydrogen-bond acceptors (Lipinski definition) is 1. The van der Waals surface area contributed by atoms with Crippen molar-refractivity contribution in [2.24, 2.45) is 5.41 Å². The first-order chi connectivity index (χ1) is 5.11. The molecule has 0 saturated heterocycles. The van der Waals surface area contributed by atoms with Gasteiger partial charge in [0.2, 0.25) is 0 Å². The fraction of sp³-hybridized carbons (Fsp3) is 0.800. The molecule has 0 radical (unpaired) electrons. The predicted octanol–water partition coefficient (Wildman–Crippen LogP) is 2.34. The van der Waals surface area contributed by atoms with Crippen LogP contribution in [0.5, 0.6) is 0 Å². The van der Waals surface area contributed by atoms with E-state index in [4.69, 9.17) is 0 Å². The van der Waals surface area contributed by atoms with Gasteiger partial charge in [-0.15, -0.1) is 0 Å². The maximum Gasteiger partial charge on any atom is 0.0169 e. The molecule has 1 rings (SSSR count). The largest absolute Gasteiger partial charge is 0.313 e. The molecular formula is C10H19N. The van der Waals surface area contributed by atoms with Gasteiger partial charge >= 0.3 is 0 Å². The van der Waals surface area contributed by atoms with Crippen molar-refractivity contribution in [3.63, 3.8) is 0 Å². The van der Waals surface area contributed by atoms with Crippen LogP contribution in [0.4, 0.5) is 0 Å². The third-order valence-corrected chi connectivity index (χ3v) is 2.23. The molecule has 1 aliphatic rings. The molecule has 0 aliphatic carbocycles. The summed E-state index contributed by atoms with van der Waals surface area (Å²) in [5, 5.41) is 3.44. The minimum Gasteiger partial charge on any atom is -0.313 e. The molecule has 0 fully saturated rings. The molecule has 1 nitrogen and oxygen atoms in total. The zero-order valence-electron chi connectivity index (χ0n) is 7.91. The smallest absolute Gasteiger partial charge is 0.0169 e. The summed E-state index contributed by atoms with van der Waals surface area (Å²) in [5.74, 6) is 0. The van der Waals surface area contributed by atoms with Crippen molar-refractivity contribution in [1.82, 2.24) is 5.32 Å². The summed E-state index contributed by atoms with van der Waals surface area (Å²) in [6.07, 6.45) is 4.94. The summed E-state index contributed by atoms with van der Waals surface area (Å²) in [4.78, 5) is 0. The lowest BCUT2D eigenvalue weighted by Gasteiger charge is -2.22. The number of allylic oxidation sites excluding steroid dienone is 1. The lowest BCUT2D eigenvalue weighted by atomic mass is 9.86. The standard InChI is InChI=1S/C10H19N/c1-10(2,3)9-6-4-5-7-11-8-9/h6,11H,4-5,7-8H2,1-3H3. The topological polar surface area (TPSA) is 12.0 Å². The van der Waals surface area contributed by atoms with Crippen LogP contribution in [-0.2, 0) is 0 Å². The van der Waals surface area contributed by atoms with Crippen molar-refractivity contribution < 1.29 is 0 Å². The van der Waals surface area contributed by atoms with Gasteiger partial charge in [0.25, 0.3) is 0 Å². The zero-order valence-corrected chi connectivity index (χ0v) is 7.91. The Hall–Kier alpha value is -0.300. The van der Waals surface area contributed by atoms with Gasteiger partial charge in [-0.1, -0.05) is 32.4 Å². The fourth-order valence-electron chi connectivity index (χ4n) is 1.37. The second-order valence-electron chi connectivity index (χ2n) is 4.30. The summed E-state index contributed by atoms with van der Waals surface area (Å²) < 4.78 is 0. The van der Waals surface area contributed by atoms with Gasteiger partial charge in [0.15, 0.2) is 0 Å². The minimum atomic E-state index is 0.358. The van der Waals surface area contributed by atoms with E-state index < -0.39 is 0 Å². The molecule has 1 heteroatoms. The van der Waals surface area contributed by atoms with E-state index in [0.29, 0.717) is 5.41 Å². The number of hydrogen-bond donors (Lipinski definition) is 1. The number of nitrogens with one attached hydrogen (secondary N) is 1. The second kappa shape index (κ2) is 3.40. The molecule has 0 bridgehead atoms. The molecule has 1 heterocycles. The zero-order chi connectivity index (χ0) is 8.32. The molecular weight excluding hydrogens is 134 g/mol. The molecule has 0 unspecified atom stereocenters. The van der Waals surface area contributed by atoms with Crippen LogP contribution in [0, 0.1) is 5.41 Å². The van der Waals surface area contributed by atoms with E-state index >= 15 is 0 Å². The van der Waals surface area contributed by atoms with Crippen LogP contribution in [0.2, 0.25) is 0 Å². The van der Waals surface area contributed by atoms with Crippen molar-refractivity contribution in [2.45, 2.75) is 33.6 Å². The monoisotopic (exact) mass is 153 g/mol. The maximum atomic E-state index is 3.44. The average Bonchev–Trinajstić information content (AvgIpc) is 2.10. The number of rotatable bonds is 0. The Labute approximate surface area is 69.9 Å². The minimum absolute atomic E-state index is 0.358. The highest BCUT2D eigenvalue weighted by Crippen LogP contribution is 2.25. The van der Waals surface area contributed by atoms with Crippen LogP contribution in [0.15, 0.2) is 11.6 Å². The molecule has 0 amide bonds. The predicted molar refractivity (Wildman–Crippen MR) is 49.6 cm³/mol. The highest BCUT2D eigenvalue weighted by Gasteiger charge is 2.16. The van der Waals surface area contributed by atoms with Gasteiger partial charge in [0.05, 0.1) is 0 Å². The molecule has 0 aromatic carbocycles. The molecule has 1 aliphatic heterocycles. The van der Waals surface area contributed by atoms with Gasteiger partial charge in [-0.2, -0.15) is 0 Å². The van der Waals surface area contributed by atoms with E-state index in [1.165, 1.54) is 19.4 Å². The van der Waals surface area contributed by atoms with E-state index in [2.05, 4.69) is 32.2 Å². The Morgan fingerprint density at radius 1 is 1.36 bits per heavy atom. The quantitative estimate of drug-likeness (QED) is 0.527. The van der Waals surface area contributed by atoms with Gasteiger partial charge in [0, 0.05) is 6.54 Å². The fourth-order valence-corrected chi connectivity index (χ4v) is 1.37. The molecule has 11 heavy (non-hydrogen) atoms. The Bertz CT molecular complexity index is 151. The first-order valence-electron chi connectivity index (χ1n) is 4.51. The summed E-state index contributed by atoms with van der Waals surface area (Å²) in [6.45, 7) is 9.11. The second-order valence-corrected chi connectivity index (χ2v) is 4.30. The summed E-state index contributed by atoms with van der Waals surface area (Å²) in [7, 11) is 0. The van der Waals surface area contributed by atoms with Crippen LogP contribution in [0.1, 0.15) is 33.6 Å². The van der Waals surface area contributed by atoms with Gasteiger partial charge in [-0.25, -0.2) is 0 Å². The van der Waals surface area contributed by atoms with E-state index in [0.717, 1.165) is 6.54 Å². The van der Waals surface area contributed by atoms with Gasteiger partial charge in [-0.3, -0.25) is 0 Å². The van der Waals surface area contributed by atoms with Crippen LogP contribution in [0.25, 0.3) is 0 Å². The summed E-state index contributed by atoms with van der Waals surface area (Å²) >= 11 is 0. The van der Waals surface area contributed by atoms with E-state index in [1.807, 2.05) is 0 Å². The third-order valence-electron chi connectivity index (χ3n) is 2.23. The SMILES string of the molecule is CC(C)(C)C1=CCCCNC1. The molecule has 0 aromatic rings. The van der Waals surface area contributed by atoms with Crippen molar-refractivity contribution in [2.75, 3.05) is 13.1 Å². The Kier molecular flexibility index (Phi) is 2.72.